The minimum absolute atomic E-state index is 0.0469. The summed E-state index contributed by atoms with van der Waals surface area (Å²) in [6.45, 7) is 0. The van der Waals surface area contributed by atoms with Gasteiger partial charge >= 0.3 is 0 Å². The Labute approximate surface area is 170 Å². The van der Waals surface area contributed by atoms with Gasteiger partial charge in [0.15, 0.2) is 0 Å². The first kappa shape index (κ1) is 18.5. The van der Waals surface area contributed by atoms with Crippen molar-refractivity contribution in [2.45, 2.75) is 0 Å². The van der Waals surface area contributed by atoms with Crippen molar-refractivity contribution in [3.63, 3.8) is 0 Å². The van der Waals surface area contributed by atoms with Crippen LogP contribution in [-0.2, 0) is 0 Å². The highest BCUT2D eigenvalue weighted by Gasteiger charge is 2.16. The molecule has 0 spiro atoms. The fourth-order valence-electron chi connectivity index (χ4n) is 2.97. The molecule has 0 aliphatic rings. The van der Waals surface area contributed by atoms with E-state index in [9.17, 15) is 14.8 Å². The zero-order valence-electron chi connectivity index (χ0n) is 15.1. The second-order valence-electron chi connectivity index (χ2n) is 6.27. The van der Waals surface area contributed by atoms with Gasteiger partial charge in [0.2, 0.25) is 0 Å². The standard InChI is InChI=1S/C20H14ClFN6O/c1-28(18-9-24-10-26-18)13-5-14-19(27-12-2-3-16(22)15(21)4-12)11(7-23)8-25-20(14)17(29)6-13/h2-6,8-10,29H,1H3,(H,24,26)(H,25,27). The highest BCUT2D eigenvalue weighted by atomic mass is 35.5. The first-order chi connectivity index (χ1) is 14.0. The van der Waals surface area contributed by atoms with Crippen LogP contribution < -0.4 is 10.2 Å². The Morgan fingerprint density at radius 3 is 2.79 bits per heavy atom. The highest BCUT2D eigenvalue weighted by molar-refractivity contribution is 6.31. The maximum Gasteiger partial charge on any atom is 0.143 e. The van der Waals surface area contributed by atoms with Crippen LogP contribution in [0.25, 0.3) is 10.9 Å². The molecule has 3 N–H and O–H groups in total. The SMILES string of the molecule is CN(c1cc(O)c2ncc(C#N)c(Nc3ccc(F)c(Cl)c3)c2c1)c1cnc[nH]1. The molecule has 7 nitrogen and oxygen atoms in total. The summed E-state index contributed by atoms with van der Waals surface area (Å²) < 4.78 is 13.5. The number of phenols is 1. The first-order valence-corrected chi connectivity index (χ1v) is 8.85. The molecule has 0 saturated carbocycles. The minimum atomic E-state index is -0.543. The Kier molecular flexibility index (Phi) is 4.66. The molecule has 0 radical (unpaired) electrons. The Morgan fingerprint density at radius 2 is 2.10 bits per heavy atom. The van der Waals surface area contributed by atoms with Crippen LogP contribution in [0, 0.1) is 17.1 Å². The smallest absolute Gasteiger partial charge is 0.143 e. The number of phenolic OH excluding ortho intramolecular Hbond substituents is 1. The number of aromatic nitrogens is 3. The van der Waals surface area contributed by atoms with Crippen molar-refractivity contribution in [2.75, 3.05) is 17.3 Å². The fourth-order valence-corrected chi connectivity index (χ4v) is 3.15. The summed E-state index contributed by atoms with van der Waals surface area (Å²) in [7, 11) is 1.81. The number of anilines is 4. The van der Waals surface area contributed by atoms with Crippen molar-refractivity contribution in [1.82, 2.24) is 15.0 Å². The Hall–Kier alpha value is -3.83. The summed E-state index contributed by atoms with van der Waals surface area (Å²) in [5.74, 6) is 0.125. The molecule has 0 unspecified atom stereocenters. The van der Waals surface area contributed by atoms with Crippen molar-refractivity contribution in [1.29, 1.82) is 5.26 Å². The highest BCUT2D eigenvalue weighted by Crippen LogP contribution is 2.38. The molecule has 0 aliphatic carbocycles. The van der Waals surface area contributed by atoms with Gasteiger partial charge in [-0.3, -0.25) is 4.98 Å². The molecule has 0 aliphatic heterocycles. The number of nitrogens with one attached hydrogen (secondary N) is 2. The molecule has 9 heteroatoms. The number of hydrogen-bond donors (Lipinski definition) is 3. The summed E-state index contributed by atoms with van der Waals surface area (Å²) in [4.78, 5) is 13.0. The molecule has 0 amide bonds. The number of benzene rings is 2. The third-order valence-corrected chi connectivity index (χ3v) is 4.77. The lowest BCUT2D eigenvalue weighted by atomic mass is 10.1. The number of H-pyrrole nitrogens is 1. The summed E-state index contributed by atoms with van der Waals surface area (Å²) in [6, 6.07) is 9.61. The number of fused-ring (bicyclic) bond motifs is 1. The normalized spacial score (nSPS) is 10.7. The van der Waals surface area contributed by atoms with Crippen molar-refractivity contribution in [3.05, 3.63) is 65.5 Å². The number of imidazole rings is 1. The van der Waals surface area contributed by atoms with E-state index in [1.807, 2.05) is 7.05 Å². The minimum Gasteiger partial charge on any atom is -0.506 e. The van der Waals surface area contributed by atoms with Gasteiger partial charge in [0.05, 0.1) is 28.8 Å². The van der Waals surface area contributed by atoms with E-state index < -0.39 is 5.82 Å². The number of hydrogen-bond acceptors (Lipinski definition) is 6. The van der Waals surface area contributed by atoms with Gasteiger partial charge in [-0.05, 0) is 24.3 Å². The van der Waals surface area contributed by atoms with E-state index in [1.165, 1.54) is 24.4 Å². The van der Waals surface area contributed by atoms with Crippen molar-refractivity contribution in [3.8, 4) is 11.8 Å². The van der Waals surface area contributed by atoms with Gasteiger partial charge in [-0.15, -0.1) is 0 Å². The predicted molar refractivity (Wildman–Crippen MR) is 109 cm³/mol. The summed E-state index contributed by atoms with van der Waals surface area (Å²) >= 11 is 5.87. The van der Waals surface area contributed by atoms with Gasteiger partial charge in [0, 0.05) is 36.1 Å². The first-order valence-electron chi connectivity index (χ1n) is 8.48. The lowest BCUT2D eigenvalue weighted by Crippen LogP contribution is -2.10. The van der Waals surface area contributed by atoms with Crippen LogP contribution in [0.2, 0.25) is 5.02 Å². The molecule has 4 aromatic rings. The fraction of sp³-hybridized carbons (Fsp3) is 0.0500. The number of aromatic amines is 1. The molecular weight excluding hydrogens is 395 g/mol. The zero-order valence-corrected chi connectivity index (χ0v) is 15.9. The van der Waals surface area contributed by atoms with Crippen molar-refractivity contribution in [2.24, 2.45) is 0 Å². The molecule has 4 rings (SSSR count). The molecular formula is C20H14ClFN6O. The molecule has 29 heavy (non-hydrogen) atoms. The average molecular weight is 409 g/mol. The molecule has 0 bridgehead atoms. The van der Waals surface area contributed by atoms with Crippen LogP contribution in [-0.4, -0.2) is 27.1 Å². The third-order valence-electron chi connectivity index (χ3n) is 4.48. The summed E-state index contributed by atoms with van der Waals surface area (Å²) in [6.07, 6.45) is 4.56. The van der Waals surface area contributed by atoms with Crippen LogP contribution in [0.3, 0.4) is 0 Å². The topological polar surface area (TPSA) is 101 Å². The average Bonchev–Trinajstić information content (AvgIpc) is 3.25. The molecule has 0 fully saturated rings. The molecule has 144 valence electrons. The van der Waals surface area contributed by atoms with Gasteiger partial charge in [-0.25, -0.2) is 9.37 Å². The number of nitriles is 1. The Morgan fingerprint density at radius 1 is 1.28 bits per heavy atom. The van der Waals surface area contributed by atoms with Crippen LogP contribution in [0.4, 0.5) is 27.3 Å². The van der Waals surface area contributed by atoms with Crippen molar-refractivity contribution < 1.29 is 9.50 Å². The summed E-state index contributed by atoms with van der Waals surface area (Å²) in [5.41, 5.74) is 2.15. The molecule has 0 atom stereocenters. The number of halogens is 2. The maximum atomic E-state index is 13.5. The van der Waals surface area contributed by atoms with Crippen LogP contribution >= 0.6 is 11.6 Å². The second-order valence-corrected chi connectivity index (χ2v) is 6.68. The molecule has 0 saturated heterocycles. The van der Waals surface area contributed by atoms with Gasteiger partial charge in [-0.1, -0.05) is 11.6 Å². The zero-order chi connectivity index (χ0) is 20.5. The van der Waals surface area contributed by atoms with E-state index in [0.717, 1.165) is 0 Å². The Bertz CT molecular complexity index is 1250. The van der Waals surface area contributed by atoms with Gasteiger partial charge in [-0.2, -0.15) is 5.26 Å². The second kappa shape index (κ2) is 7.30. The largest absolute Gasteiger partial charge is 0.506 e. The maximum absolute atomic E-state index is 13.5. The van der Waals surface area contributed by atoms with Gasteiger partial charge in [0.1, 0.15) is 29.0 Å². The number of nitrogens with zero attached hydrogens (tertiary/aromatic N) is 4. The van der Waals surface area contributed by atoms with Crippen LogP contribution in [0.15, 0.2) is 49.1 Å². The van der Waals surface area contributed by atoms with E-state index in [1.54, 1.807) is 29.6 Å². The van der Waals surface area contributed by atoms with Gasteiger partial charge < -0.3 is 20.3 Å². The molecule has 2 aromatic carbocycles. The van der Waals surface area contributed by atoms with Crippen LogP contribution in [0.1, 0.15) is 5.56 Å². The van der Waals surface area contributed by atoms with E-state index in [-0.39, 0.29) is 16.3 Å². The number of pyridine rings is 1. The monoisotopic (exact) mass is 408 g/mol. The third kappa shape index (κ3) is 3.39. The molecule has 2 aromatic heterocycles. The lowest BCUT2D eigenvalue weighted by Gasteiger charge is -2.19. The predicted octanol–water partition coefficient (Wildman–Crippen LogP) is 4.84. The lowest BCUT2D eigenvalue weighted by molar-refractivity contribution is 0.480. The number of rotatable bonds is 4. The summed E-state index contributed by atoms with van der Waals surface area (Å²) in [5, 5.41) is 23.7. The Balaban J connectivity index is 1.89. The molecule has 2 heterocycles. The van der Waals surface area contributed by atoms with Crippen LogP contribution in [0.5, 0.6) is 5.75 Å². The van der Waals surface area contributed by atoms with Crippen molar-refractivity contribution >= 4 is 45.4 Å². The van der Waals surface area contributed by atoms with E-state index >= 15 is 0 Å². The number of aromatic hydroxyl groups is 1. The van der Waals surface area contributed by atoms with E-state index in [4.69, 9.17) is 11.6 Å². The van der Waals surface area contributed by atoms with Gasteiger partial charge in [0.25, 0.3) is 0 Å². The van der Waals surface area contributed by atoms with E-state index in [2.05, 4.69) is 26.3 Å². The van der Waals surface area contributed by atoms with E-state index in [0.29, 0.717) is 33.8 Å². The quantitative estimate of drug-likeness (QED) is 0.446.